The highest BCUT2D eigenvalue weighted by molar-refractivity contribution is 7.79. The maximum atomic E-state index is 5.50. The standard InChI is InChI=1S/C6H8N3S/c7-5(3-10)1-6-2-8-4-9-6/h2,4-5H,1,7H2,(H,8,9)/t5-/m0/s1. The first kappa shape index (κ1) is 7.37. The van der Waals surface area contributed by atoms with Crippen LogP contribution in [0.1, 0.15) is 5.69 Å². The van der Waals surface area contributed by atoms with Gasteiger partial charge in [0, 0.05) is 29.7 Å². The molecule has 0 spiro atoms. The maximum absolute atomic E-state index is 5.50. The molecule has 0 amide bonds. The third-order valence-electron chi connectivity index (χ3n) is 1.15. The minimum absolute atomic E-state index is 0.171. The molecule has 0 bridgehead atoms. The summed E-state index contributed by atoms with van der Waals surface area (Å²) in [5, 5.41) is 2.52. The average Bonchev–Trinajstić information content (AvgIpc) is 2.40. The fourth-order valence-electron chi connectivity index (χ4n) is 0.675. The van der Waals surface area contributed by atoms with Gasteiger partial charge in [0.1, 0.15) is 0 Å². The first-order valence-corrected chi connectivity index (χ1v) is 3.34. The molecule has 0 aliphatic rings. The Morgan fingerprint density at radius 2 is 2.70 bits per heavy atom. The van der Waals surface area contributed by atoms with Crippen LogP contribution in [0.4, 0.5) is 0 Å². The molecular formula is C6H8N3S. The minimum Gasteiger partial charge on any atom is -0.348 e. The van der Waals surface area contributed by atoms with Crippen molar-refractivity contribution >= 4 is 17.6 Å². The number of nitrogens with one attached hydrogen (secondary N) is 1. The Bertz CT molecular complexity index is 195. The number of hydrogen-bond acceptors (Lipinski definition) is 3. The molecule has 53 valence electrons. The highest BCUT2D eigenvalue weighted by Crippen LogP contribution is 1.93. The summed E-state index contributed by atoms with van der Waals surface area (Å²) in [4.78, 5) is 6.76. The van der Waals surface area contributed by atoms with Crippen molar-refractivity contribution in [2.24, 2.45) is 5.73 Å². The molecule has 0 fully saturated rings. The van der Waals surface area contributed by atoms with Crippen molar-refractivity contribution in [2.75, 3.05) is 0 Å². The summed E-state index contributed by atoms with van der Waals surface area (Å²) >= 11 is 4.54. The number of thiocarbonyl (C=S) groups is 1. The third-order valence-corrected chi connectivity index (χ3v) is 1.45. The van der Waals surface area contributed by atoms with E-state index in [9.17, 15) is 0 Å². The van der Waals surface area contributed by atoms with Gasteiger partial charge >= 0.3 is 0 Å². The lowest BCUT2D eigenvalue weighted by atomic mass is 10.2. The quantitative estimate of drug-likeness (QED) is 0.610. The van der Waals surface area contributed by atoms with Crippen LogP contribution in [0.15, 0.2) is 12.5 Å². The maximum Gasteiger partial charge on any atom is 0.0921 e. The number of imidazole rings is 1. The molecule has 1 radical (unpaired) electrons. The lowest BCUT2D eigenvalue weighted by molar-refractivity contribution is 0.850. The van der Waals surface area contributed by atoms with E-state index in [4.69, 9.17) is 5.73 Å². The van der Waals surface area contributed by atoms with Crippen LogP contribution in [0.2, 0.25) is 0 Å². The SMILES string of the molecule is N[C@H]([C]=S)Cc1cnc[nH]1. The number of nitrogens with zero attached hydrogens (tertiary/aromatic N) is 1. The molecule has 1 rings (SSSR count). The first-order valence-electron chi connectivity index (χ1n) is 2.93. The summed E-state index contributed by atoms with van der Waals surface area (Å²) in [6, 6.07) is -0.171. The van der Waals surface area contributed by atoms with E-state index in [1.54, 1.807) is 12.5 Å². The summed E-state index contributed by atoms with van der Waals surface area (Å²) in [6.45, 7) is 0. The number of aromatic amines is 1. The van der Waals surface area contributed by atoms with E-state index in [-0.39, 0.29) is 6.04 Å². The topological polar surface area (TPSA) is 54.7 Å². The Balaban J connectivity index is 2.47. The second-order valence-corrected chi connectivity index (χ2v) is 2.24. The predicted molar refractivity (Wildman–Crippen MR) is 42.9 cm³/mol. The zero-order chi connectivity index (χ0) is 7.40. The van der Waals surface area contributed by atoms with E-state index in [2.05, 4.69) is 27.6 Å². The number of aromatic nitrogens is 2. The predicted octanol–water partition coefficient (Wildman–Crippen LogP) is 0.156. The van der Waals surface area contributed by atoms with Gasteiger partial charge in [0.25, 0.3) is 0 Å². The lowest BCUT2D eigenvalue weighted by Crippen LogP contribution is -2.23. The van der Waals surface area contributed by atoms with Crippen LogP contribution in [-0.4, -0.2) is 21.4 Å². The Morgan fingerprint density at radius 3 is 3.20 bits per heavy atom. The number of nitrogens with two attached hydrogens (primary N) is 1. The molecule has 1 heterocycles. The summed E-state index contributed by atoms with van der Waals surface area (Å²) in [5.41, 5.74) is 6.49. The van der Waals surface area contributed by atoms with Crippen molar-refractivity contribution in [1.82, 2.24) is 9.97 Å². The van der Waals surface area contributed by atoms with Gasteiger partial charge in [0.2, 0.25) is 0 Å². The molecule has 3 N–H and O–H groups in total. The monoisotopic (exact) mass is 154 g/mol. The van der Waals surface area contributed by atoms with Gasteiger partial charge in [0.05, 0.1) is 6.33 Å². The van der Waals surface area contributed by atoms with E-state index in [0.717, 1.165) is 5.69 Å². The summed E-state index contributed by atoms with van der Waals surface area (Å²) < 4.78 is 0. The van der Waals surface area contributed by atoms with Crippen molar-refractivity contribution in [3.8, 4) is 0 Å². The summed E-state index contributed by atoms with van der Waals surface area (Å²) in [5.74, 6) is 0. The molecule has 3 nitrogen and oxygen atoms in total. The molecule has 0 saturated carbocycles. The van der Waals surface area contributed by atoms with Crippen molar-refractivity contribution in [2.45, 2.75) is 12.5 Å². The third kappa shape index (κ3) is 1.89. The molecule has 0 saturated heterocycles. The van der Waals surface area contributed by atoms with Gasteiger partial charge in [-0.25, -0.2) is 4.98 Å². The van der Waals surface area contributed by atoms with E-state index >= 15 is 0 Å². The molecule has 4 heteroatoms. The Labute approximate surface area is 64.7 Å². The van der Waals surface area contributed by atoms with Gasteiger partial charge in [-0.15, -0.1) is 0 Å². The second-order valence-electron chi connectivity index (χ2n) is 2.01. The smallest absolute Gasteiger partial charge is 0.0921 e. The molecule has 1 aromatic heterocycles. The Kier molecular flexibility index (Phi) is 2.53. The molecule has 0 aromatic carbocycles. The zero-order valence-electron chi connectivity index (χ0n) is 5.37. The molecule has 10 heavy (non-hydrogen) atoms. The van der Waals surface area contributed by atoms with E-state index in [1.165, 1.54) is 0 Å². The molecule has 0 aliphatic heterocycles. The largest absolute Gasteiger partial charge is 0.348 e. The second kappa shape index (κ2) is 3.43. The molecule has 1 atom stereocenters. The van der Waals surface area contributed by atoms with Crippen LogP contribution < -0.4 is 5.73 Å². The van der Waals surface area contributed by atoms with Gasteiger partial charge in [-0.2, -0.15) is 0 Å². The molecule has 0 unspecified atom stereocenters. The van der Waals surface area contributed by atoms with Gasteiger partial charge in [-0.05, 0) is 0 Å². The minimum atomic E-state index is -0.171. The average molecular weight is 154 g/mol. The zero-order valence-corrected chi connectivity index (χ0v) is 6.19. The van der Waals surface area contributed by atoms with Crippen molar-refractivity contribution in [3.05, 3.63) is 18.2 Å². The normalized spacial score (nSPS) is 12.9. The fourth-order valence-corrected chi connectivity index (χ4v) is 0.758. The van der Waals surface area contributed by atoms with E-state index in [0.29, 0.717) is 6.42 Å². The fraction of sp³-hybridized carbons (Fsp3) is 0.333. The van der Waals surface area contributed by atoms with Crippen LogP contribution in [0.5, 0.6) is 0 Å². The van der Waals surface area contributed by atoms with Gasteiger partial charge < -0.3 is 10.7 Å². The van der Waals surface area contributed by atoms with Gasteiger partial charge in [-0.3, -0.25) is 0 Å². The number of H-pyrrole nitrogens is 1. The van der Waals surface area contributed by atoms with E-state index in [1.807, 2.05) is 0 Å². The van der Waals surface area contributed by atoms with Crippen LogP contribution in [0, 0.1) is 0 Å². The molecular weight excluding hydrogens is 146 g/mol. The van der Waals surface area contributed by atoms with Crippen LogP contribution in [0.3, 0.4) is 0 Å². The number of rotatable bonds is 3. The molecule has 1 aromatic rings. The highest BCUT2D eigenvalue weighted by Gasteiger charge is 1.99. The summed E-state index contributed by atoms with van der Waals surface area (Å²) in [6.07, 6.45) is 4.03. The van der Waals surface area contributed by atoms with Crippen molar-refractivity contribution < 1.29 is 0 Å². The van der Waals surface area contributed by atoms with Crippen LogP contribution >= 0.6 is 12.2 Å². The Morgan fingerprint density at radius 1 is 1.90 bits per heavy atom. The van der Waals surface area contributed by atoms with Gasteiger partial charge in [0.15, 0.2) is 0 Å². The van der Waals surface area contributed by atoms with Crippen LogP contribution in [-0.2, 0) is 6.42 Å². The van der Waals surface area contributed by atoms with Crippen LogP contribution in [0.25, 0.3) is 0 Å². The lowest BCUT2D eigenvalue weighted by Gasteiger charge is -1.99. The van der Waals surface area contributed by atoms with E-state index < -0.39 is 0 Å². The number of hydrogen-bond donors (Lipinski definition) is 2. The van der Waals surface area contributed by atoms with Crippen molar-refractivity contribution in [1.29, 1.82) is 0 Å². The highest BCUT2D eigenvalue weighted by atomic mass is 32.1. The Hall–Kier alpha value is -0.740. The summed E-state index contributed by atoms with van der Waals surface area (Å²) in [7, 11) is 0. The van der Waals surface area contributed by atoms with Gasteiger partial charge in [-0.1, -0.05) is 12.2 Å². The van der Waals surface area contributed by atoms with Crippen molar-refractivity contribution in [3.63, 3.8) is 0 Å². The first-order chi connectivity index (χ1) is 4.83. The molecule has 0 aliphatic carbocycles.